The molecule has 0 bridgehead atoms. The van der Waals surface area contributed by atoms with Crippen LogP contribution in [-0.4, -0.2) is 13.1 Å². The summed E-state index contributed by atoms with van der Waals surface area (Å²) >= 11 is 0. The monoisotopic (exact) mass is 246 g/mol. The Morgan fingerprint density at radius 1 is 1.56 bits per heavy atom. The Hall–Kier alpha value is -1.31. The van der Waals surface area contributed by atoms with Gasteiger partial charge in [0.15, 0.2) is 0 Å². The summed E-state index contributed by atoms with van der Waals surface area (Å²) in [6.45, 7) is 8.52. The Balaban J connectivity index is 2.26. The average Bonchev–Trinajstić information content (AvgIpc) is 2.37. The van der Waals surface area contributed by atoms with Gasteiger partial charge in [0.2, 0.25) is 0 Å². The summed E-state index contributed by atoms with van der Waals surface area (Å²) in [7, 11) is 1.41. The van der Waals surface area contributed by atoms with Crippen molar-refractivity contribution in [1.82, 2.24) is 0 Å². The van der Waals surface area contributed by atoms with E-state index < -0.39 is 0 Å². The van der Waals surface area contributed by atoms with Gasteiger partial charge >= 0.3 is 5.97 Å². The van der Waals surface area contributed by atoms with E-state index in [0.29, 0.717) is 11.5 Å². The summed E-state index contributed by atoms with van der Waals surface area (Å²) in [5.74, 6) is 0.472. The Morgan fingerprint density at radius 3 is 2.94 bits per heavy atom. The fourth-order valence-electron chi connectivity index (χ4n) is 3.17. The number of fused-ring (bicyclic) bond motifs is 1. The zero-order valence-corrected chi connectivity index (χ0v) is 11.5. The highest BCUT2D eigenvalue weighted by molar-refractivity contribution is 5.88. The SMILES string of the molecule is C=C(C(=O)OC)C1C=CC2=CCCC(C)C2(C)C1. The van der Waals surface area contributed by atoms with Gasteiger partial charge in [0, 0.05) is 11.5 Å². The van der Waals surface area contributed by atoms with E-state index in [4.69, 9.17) is 4.74 Å². The number of hydrogen-bond acceptors (Lipinski definition) is 2. The summed E-state index contributed by atoms with van der Waals surface area (Å²) in [6, 6.07) is 0. The molecule has 2 aliphatic rings. The molecule has 0 aliphatic heterocycles. The molecule has 0 spiro atoms. The van der Waals surface area contributed by atoms with Gasteiger partial charge in [-0.05, 0) is 36.2 Å². The summed E-state index contributed by atoms with van der Waals surface area (Å²) in [4.78, 5) is 11.6. The van der Waals surface area contributed by atoms with Crippen LogP contribution in [0.25, 0.3) is 0 Å². The van der Waals surface area contributed by atoms with E-state index in [1.807, 2.05) is 0 Å². The largest absolute Gasteiger partial charge is 0.466 e. The molecule has 0 saturated carbocycles. The Labute approximate surface area is 109 Å². The molecule has 0 aromatic rings. The van der Waals surface area contributed by atoms with Crippen molar-refractivity contribution in [2.75, 3.05) is 7.11 Å². The lowest BCUT2D eigenvalue weighted by atomic mass is 9.60. The third-order valence-electron chi connectivity index (χ3n) is 4.76. The lowest BCUT2D eigenvalue weighted by Gasteiger charge is -2.44. The number of rotatable bonds is 2. The zero-order chi connectivity index (χ0) is 13.3. The fourth-order valence-corrected chi connectivity index (χ4v) is 3.17. The van der Waals surface area contributed by atoms with E-state index in [-0.39, 0.29) is 17.3 Å². The molecule has 0 fully saturated rings. The van der Waals surface area contributed by atoms with Crippen LogP contribution in [0.5, 0.6) is 0 Å². The predicted octanol–water partition coefficient (Wildman–Crippen LogP) is 3.65. The van der Waals surface area contributed by atoms with Gasteiger partial charge in [-0.1, -0.05) is 38.7 Å². The maximum Gasteiger partial charge on any atom is 0.333 e. The number of carbonyl (C=O) groups is 1. The van der Waals surface area contributed by atoms with Gasteiger partial charge in [-0.3, -0.25) is 0 Å². The number of allylic oxidation sites excluding steroid dienone is 4. The number of esters is 1. The first kappa shape index (κ1) is 13.1. The first-order valence-corrected chi connectivity index (χ1v) is 6.65. The lowest BCUT2D eigenvalue weighted by molar-refractivity contribution is -0.136. The maximum absolute atomic E-state index is 11.6. The molecular weight excluding hydrogens is 224 g/mol. The molecular formula is C16H22O2. The van der Waals surface area contributed by atoms with Crippen molar-refractivity contribution in [2.24, 2.45) is 17.3 Å². The van der Waals surface area contributed by atoms with Gasteiger partial charge in [-0.25, -0.2) is 4.79 Å². The quantitative estimate of drug-likeness (QED) is 0.549. The van der Waals surface area contributed by atoms with Gasteiger partial charge in [0.1, 0.15) is 0 Å². The van der Waals surface area contributed by atoms with Crippen LogP contribution >= 0.6 is 0 Å². The van der Waals surface area contributed by atoms with Gasteiger partial charge in [-0.15, -0.1) is 0 Å². The van der Waals surface area contributed by atoms with Crippen molar-refractivity contribution in [3.8, 4) is 0 Å². The van der Waals surface area contributed by atoms with Crippen molar-refractivity contribution < 1.29 is 9.53 Å². The summed E-state index contributed by atoms with van der Waals surface area (Å²) in [5, 5.41) is 0. The molecule has 0 amide bonds. The third kappa shape index (κ3) is 2.05. The van der Waals surface area contributed by atoms with Crippen LogP contribution in [0.1, 0.15) is 33.1 Å². The van der Waals surface area contributed by atoms with E-state index in [2.05, 4.69) is 38.7 Å². The highest BCUT2D eigenvalue weighted by Gasteiger charge is 2.40. The van der Waals surface area contributed by atoms with Crippen LogP contribution in [0, 0.1) is 17.3 Å². The standard InChI is InChI=1S/C16H22O2/c1-11-6-5-7-14-9-8-13(10-16(11,14)3)12(2)15(17)18-4/h7-9,11,13H,2,5-6,10H2,1,3-4H3. The molecule has 0 aromatic carbocycles. The molecule has 0 saturated heterocycles. The highest BCUT2D eigenvalue weighted by atomic mass is 16.5. The van der Waals surface area contributed by atoms with Crippen molar-refractivity contribution in [3.05, 3.63) is 36.0 Å². The molecule has 2 heteroatoms. The van der Waals surface area contributed by atoms with Crippen LogP contribution in [0.2, 0.25) is 0 Å². The van der Waals surface area contributed by atoms with Crippen molar-refractivity contribution in [2.45, 2.75) is 33.1 Å². The normalized spacial score (nSPS) is 34.5. The van der Waals surface area contributed by atoms with Crippen molar-refractivity contribution in [3.63, 3.8) is 0 Å². The van der Waals surface area contributed by atoms with Crippen LogP contribution in [-0.2, 0) is 9.53 Å². The van der Waals surface area contributed by atoms with Gasteiger partial charge < -0.3 is 4.74 Å². The number of ether oxygens (including phenoxy) is 1. The molecule has 18 heavy (non-hydrogen) atoms. The zero-order valence-electron chi connectivity index (χ0n) is 11.5. The van der Waals surface area contributed by atoms with E-state index in [0.717, 1.165) is 6.42 Å². The maximum atomic E-state index is 11.6. The topological polar surface area (TPSA) is 26.3 Å². The van der Waals surface area contributed by atoms with E-state index >= 15 is 0 Å². The molecule has 2 rings (SSSR count). The summed E-state index contributed by atoms with van der Waals surface area (Å²) in [6.07, 6.45) is 9.98. The second-order valence-corrected chi connectivity index (χ2v) is 5.74. The van der Waals surface area contributed by atoms with E-state index in [9.17, 15) is 4.79 Å². The van der Waals surface area contributed by atoms with Crippen LogP contribution < -0.4 is 0 Å². The molecule has 98 valence electrons. The fraction of sp³-hybridized carbons (Fsp3) is 0.562. The predicted molar refractivity (Wildman–Crippen MR) is 73.0 cm³/mol. The summed E-state index contributed by atoms with van der Waals surface area (Å²) < 4.78 is 4.77. The first-order chi connectivity index (χ1) is 8.49. The highest BCUT2D eigenvalue weighted by Crippen LogP contribution is 2.50. The van der Waals surface area contributed by atoms with Crippen LogP contribution in [0.4, 0.5) is 0 Å². The molecule has 0 radical (unpaired) electrons. The van der Waals surface area contributed by atoms with Crippen LogP contribution in [0.3, 0.4) is 0 Å². The number of methoxy groups -OCH3 is 1. The third-order valence-corrected chi connectivity index (χ3v) is 4.76. The van der Waals surface area contributed by atoms with Crippen LogP contribution in [0.15, 0.2) is 36.0 Å². The van der Waals surface area contributed by atoms with E-state index in [1.54, 1.807) is 0 Å². The van der Waals surface area contributed by atoms with E-state index in [1.165, 1.54) is 25.5 Å². The van der Waals surface area contributed by atoms with Gasteiger partial charge in [0.05, 0.1) is 7.11 Å². The van der Waals surface area contributed by atoms with Crippen molar-refractivity contribution >= 4 is 5.97 Å². The minimum absolute atomic E-state index is 0.111. The lowest BCUT2D eigenvalue weighted by Crippen LogP contribution is -2.35. The minimum Gasteiger partial charge on any atom is -0.466 e. The number of hydrogen-bond donors (Lipinski definition) is 0. The Bertz CT molecular complexity index is 430. The number of carbonyl (C=O) groups excluding carboxylic acids is 1. The van der Waals surface area contributed by atoms with Gasteiger partial charge in [-0.2, -0.15) is 0 Å². The van der Waals surface area contributed by atoms with Gasteiger partial charge in [0.25, 0.3) is 0 Å². The second kappa shape index (κ2) is 4.75. The molecule has 2 nitrogen and oxygen atoms in total. The Kier molecular flexibility index (Phi) is 3.47. The average molecular weight is 246 g/mol. The minimum atomic E-state index is -0.288. The Morgan fingerprint density at radius 2 is 2.28 bits per heavy atom. The molecule has 2 aliphatic carbocycles. The second-order valence-electron chi connectivity index (χ2n) is 5.74. The molecule has 3 unspecified atom stereocenters. The van der Waals surface area contributed by atoms with Crippen molar-refractivity contribution in [1.29, 1.82) is 0 Å². The molecule has 3 atom stereocenters. The molecule has 0 aromatic heterocycles. The molecule has 0 heterocycles. The first-order valence-electron chi connectivity index (χ1n) is 6.65. The smallest absolute Gasteiger partial charge is 0.333 e. The molecule has 0 N–H and O–H groups in total. The summed E-state index contributed by atoms with van der Waals surface area (Å²) in [5.41, 5.74) is 2.18.